The van der Waals surface area contributed by atoms with Crippen LogP contribution in [-0.4, -0.2) is 31.3 Å². The third kappa shape index (κ3) is 3.73. The highest BCUT2D eigenvalue weighted by Crippen LogP contribution is 2.29. The maximum absolute atomic E-state index is 6.24. The number of para-hydroxylation sites is 1. The number of benzene rings is 2. The number of aromatic nitrogens is 1. The molecule has 1 saturated heterocycles. The number of nitrogens with zero attached hydrogens (tertiary/aromatic N) is 2. The zero-order chi connectivity index (χ0) is 17.9. The smallest absolute Gasteiger partial charge is 0.146 e. The van der Waals surface area contributed by atoms with Crippen LogP contribution in [0.5, 0.6) is 5.75 Å². The Morgan fingerprint density at radius 3 is 2.69 bits per heavy atom. The highest BCUT2D eigenvalue weighted by molar-refractivity contribution is 6.35. The van der Waals surface area contributed by atoms with E-state index in [0.29, 0.717) is 16.7 Å². The number of anilines is 1. The van der Waals surface area contributed by atoms with Gasteiger partial charge < -0.3 is 14.4 Å². The molecule has 0 radical (unpaired) electrons. The fourth-order valence-electron chi connectivity index (χ4n) is 2.99. The molecule has 2 heterocycles. The molecule has 0 aliphatic carbocycles. The minimum absolute atomic E-state index is 0.360. The van der Waals surface area contributed by atoms with Crippen molar-refractivity contribution in [1.82, 2.24) is 4.98 Å². The molecule has 4 nitrogen and oxygen atoms in total. The van der Waals surface area contributed by atoms with Gasteiger partial charge in [-0.3, -0.25) is 0 Å². The lowest BCUT2D eigenvalue weighted by atomic mass is 10.2. The van der Waals surface area contributed by atoms with Crippen molar-refractivity contribution in [3.05, 3.63) is 64.1 Å². The van der Waals surface area contributed by atoms with Crippen LogP contribution in [0.25, 0.3) is 10.9 Å². The Kier molecular flexibility index (Phi) is 5.16. The van der Waals surface area contributed by atoms with Gasteiger partial charge in [-0.2, -0.15) is 0 Å². The van der Waals surface area contributed by atoms with E-state index in [1.807, 2.05) is 36.4 Å². The molecule has 1 aliphatic heterocycles. The highest BCUT2D eigenvalue weighted by atomic mass is 35.5. The summed E-state index contributed by atoms with van der Waals surface area (Å²) in [6.07, 6.45) is 0. The Bertz CT molecular complexity index is 927. The van der Waals surface area contributed by atoms with Gasteiger partial charge in [0.1, 0.15) is 23.7 Å². The van der Waals surface area contributed by atoms with Crippen molar-refractivity contribution in [3.63, 3.8) is 0 Å². The quantitative estimate of drug-likeness (QED) is 0.632. The lowest BCUT2D eigenvalue weighted by Gasteiger charge is -2.28. The van der Waals surface area contributed by atoms with Crippen LogP contribution in [0, 0.1) is 0 Å². The van der Waals surface area contributed by atoms with Gasteiger partial charge in [0, 0.05) is 34.1 Å². The normalized spacial score (nSPS) is 14.6. The maximum atomic E-state index is 6.24. The second kappa shape index (κ2) is 7.70. The third-order valence-electron chi connectivity index (χ3n) is 4.40. The largest absolute Gasteiger partial charge is 0.487 e. The van der Waals surface area contributed by atoms with Crippen LogP contribution in [0.15, 0.2) is 48.5 Å². The second-order valence-electron chi connectivity index (χ2n) is 6.12. The predicted octanol–water partition coefficient (Wildman–Crippen LogP) is 4.96. The van der Waals surface area contributed by atoms with E-state index in [9.17, 15) is 0 Å². The molecule has 1 fully saturated rings. The molecule has 0 spiro atoms. The molecule has 6 heteroatoms. The summed E-state index contributed by atoms with van der Waals surface area (Å²) in [6, 6.07) is 15.5. The van der Waals surface area contributed by atoms with Gasteiger partial charge in [0.25, 0.3) is 0 Å². The lowest BCUT2D eigenvalue weighted by Crippen LogP contribution is -2.36. The van der Waals surface area contributed by atoms with Crippen LogP contribution in [0.4, 0.5) is 5.82 Å². The number of pyridine rings is 1. The third-order valence-corrected chi connectivity index (χ3v) is 4.99. The molecule has 1 aliphatic rings. The van der Waals surface area contributed by atoms with Crippen LogP contribution in [0.2, 0.25) is 10.0 Å². The van der Waals surface area contributed by atoms with Gasteiger partial charge in [-0.05, 0) is 30.3 Å². The Morgan fingerprint density at radius 1 is 1.04 bits per heavy atom. The van der Waals surface area contributed by atoms with Gasteiger partial charge in [0.2, 0.25) is 0 Å². The van der Waals surface area contributed by atoms with E-state index in [2.05, 4.69) is 11.0 Å². The number of rotatable bonds is 4. The monoisotopic (exact) mass is 388 g/mol. The molecule has 2 aromatic carbocycles. The summed E-state index contributed by atoms with van der Waals surface area (Å²) < 4.78 is 11.5. The van der Waals surface area contributed by atoms with Crippen LogP contribution in [0.3, 0.4) is 0 Å². The SMILES string of the molecule is Clc1ccc(COc2cccc3ccc(N4CCOCC4)nc23)c(Cl)c1. The van der Waals surface area contributed by atoms with E-state index in [1.165, 1.54) is 0 Å². The van der Waals surface area contributed by atoms with Crippen LogP contribution < -0.4 is 9.64 Å². The Labute approximate surface area is 162 Å². The van der Waals surface area contributed by atoms with Gasteiger partial charge in [-0.1, -0.05) is 41.4 Å². The molecule has 0 unspecified atom stereocenters. The fraction of sp³-hybridized carbons (Fsp3) is 0.250. The van der Waals surface area contributed by atoms with E-state index >= 15 is 0 Å². The number of morpholine rings is 1. The Morgan fingerprint density at radius 2 is 1.88 bits per heavy atom. The van der Waals surface area contributed by atoms with Crippen LogP contribution >= 0.6 is 23.2 Å². The summed E-state index contributed by atoms with van der Waals surface area (Å²) in [6.45, 7) is 3.52. The minimum atomic E-state index is 0.360. The first-order valence-electron chi connectivity index (χ1n) is 8.50. The molecule has 134 valence electrons. The van der Waals surface area contributed by atoms with Gasteiger partial charge in [0.05, 0.1) is 13.2 Å². The van der Waals surface area contributed by atoms with E-state index in [-0.39, 0.29) is 0 Å². The molecule has 4 rings (SSSR count). The number of halogens is 2. The Balaban J connectivity index is 1.61. The van der Waals surface area contributed by atoms with Gasteiger partial charge >= 0.3 is 0 Å². The van der Waals surface area contributed by atoms with Crippen LogP contribution in [0.1, 0.15) is 5.56 Å². The number of fused-ring (bicyclic) bond motifs is 1. The van der Waals surface area contributed by atoms with Crippen molar-refractivity contribution in [1.29, 1.82) is 0 Å². The van der Waals surface area contributed by atoms with Crippen molar-refractivity contribution in [2.75, 3.05) is 31.2 Å². The molecule has 0 saturated carbocycles. The number of ether oxygens (including phenoxy) is 2. The average molecular weight is 389 g/mol. The summed E-state index contributed by atoms with van der Waals surface area (Å²) in [7, 11) is 0. The summed E-state index contributed by atoms with van der Waals surface area (Å²) >= 11 is 12.2. The summed E-state index contributed by atoms with van der Waals surface area (Å²) in [4.78, 5) is 7.07. The van der Waals surface area contributed by atoms with Crippen molar-refractivity contribution in [2.24, 2.45) is 0 Å². The average Bonchev–Trinajstić information content (AvgIpc) is 2.67. The first-order valence-corrected chi connectivity index (χ1v) is 9.25. The summed E-state index contributed by atoms with van der Waals surface area (Å²) in [5.41, 5.74) is 1.74. The number of hydrogen-bond acceptors (Lipinski definition) is 4. The van der Waals surface area contributed by atoms with E-state index < -0.39 is 0 Å². The van der Waals surface area contributed by atoms with Gasteiger partial charge in [0.15, 0.2) is 0 Å². The highest BCUT2D eigenvalue weighted by Gasteiger charge is 2.14. The maximum Gasteiger partial charge on any atom is 0.146 e. The van der Waals surface area contributed by atoms with E-state index in [0.717, 1.165) is 54.3 Å². The second-order valence-corrected chi connectivity index (χ2v) is 6.96. The first-order chi connectivity index (χ1) is 12.7. The molecule has 3 aromatic rings. The molecule has 0 atom stereocenters. The molecule has 1 aromatic heterocycles. The van der Waals surface area contributed by atoms with Crippen LogP contribution in [-0.2, 0) is 11.3 Å². The molecular weight excluding hydrogens is 371 g/mol. The van der Waals surface area contributed by atoms with Crippen molar-refractivity contribution in [2.45, 2.75) is 6.61 Å². The summed E-state index contributed by atoms with van der Waals surface area (Å²) in [5, 5.41) is 2.25. The molecular formula is C20H18Cl2N2O2. The topological polar surface area (TPSA) is 34.6 Å². The van der Waals surface area contributed by atoms with Crippen molar-refractivity contribution < 1.29 is 9.47 Å². The summed E-state index contributed by atoms with van der Waals surface area (Å²) in [5.74, 6) is 1.69. The zero-order valence-corrected chi connectivity index (χ0v) is 15.6. The van der Waals surface area contributed by atoms with Gasteiger partial charge in [-0.15, -0.1) is 0 Å². The molecule has 0 N–H and O–H groups in total. The van der Waals surface area contributed by atoms with E-state index in [4.69, 9.17) is 37.7 Å². The van der Waals surface area contributed by atoms with Crippen molar-refractivity contribution in [3.8, 4) is 5.75 Å². The Hall–Kier alpha value is -2.01. The molecule has 26 heavy (non-hydrogen) atoms. The number of hydrogen-bond donors (Lipinski definition) is 0. The lowest BCUT2D eigenvalue weighted by molar-refractivity contribution is 0.122. The van der Waals surface area contributed by atoms with Crippen molar-refractivity contribution >= 4 is 39.9 Å². The first kappa shape index (κ1) is 17.4. The predicted molar refractivity (Wildman–Crippen MR) is 106 cm³/mol. The fourth-order valence-corrected chi connectivity index (χ4v) is 3.45. The minimum Gasteiger partial charge on any atom is -0.487 e. The zero-order valence-electron chi connectivity index (χ0n) is 14.1. The molecule has 0 bridgehead atoms. The molecule has 0 amide bonds. The van der Waals surface area contributed by atoms with E-state index in [1.54, 1.807) is 6.07 Å². The standard InChI is InChI=1S/C20H18Cl2N2O2/c21-16-6-4-15(17(22)12-16)13-26-18-3-1-2-14-5-7-19(23-20(14)18)24-8-10-25-11-9-24/h1-7,12H,8-11,13H2. The van der Waals surface area contributed by atoms with Gasteiger partial charge in [-0.25, -0.2) is 4.98 Å².